The second-order valence-corrected chi connectivity index (χ2v) is 6.33. The maximum Gasteiger partial charge on any atom is 0.321 e. The van der Waals surface area contributed by atoms with Crippen LogP contribution >= 0.6 is 11.6 Å². The van der Waals surface area contributed by atoms with E-state index in [1.807, 2.05) is 43.3 Å². The lowest BCUT2D eigenvalue weighted by atomic mass is 10.1. The van der Waals surface area contributed by atoms with Crippen LogP contribution in [0, 0.1) is 0 Å². The van der Waals surface area contributed by atoms with Crippen LogP contribution in [0.5, 0.6) is 11.5 Å². The first-order valence-electron chi connectivity index (χ1n) is 8.54. The first-order valence-corrected chi connectivity index (χ1v) is 8.92. The summed E-state index contributed by atoms with van der Waals surface area (Å²) in [5.74, 6) is 0.159. The summed E-state index contributed by atoms with van der Waals surface area (Å²) in [7, 11) is 1.55. The summed E-state index contributed by atoms with van der Waals surface area (Å²) < 4.78 is 11.0. The van der Waals surface area contributed by atoms with E-state index < -0.39 is 12.0 Å². The molecule has 0 radical (unpaired) electrons. The Labute approximate surface area is 158 Å². The predicted octanol–water partition coefficient (Wildman–Crippen LogP) is 3.92. The highest BCUT2D eigenvalue weighted by atomic mass is 35.5. The first kappa shape index (κ1) is 20.1. The van der Waals surface area contributed by atoms with Crippen LogP contribution in [0.4, 0.5) is 0 Å². The fourth-order valence-electron chi connectivity index (χ4n) is 2.56. The van der Waals surface area contributed by atoms with Crippen molar-refractivity contribution in [2.24, 2.45) is 0 Å². The molecule has 0 aromatic heterocycles. The monoisotopic (exact) mass is 377 g/mol. The number of benzene rings is 2. The number of carboxylic acid groups (broad SMARTS) is 1. The van der Waals surface area contributed by atoms with Crippen molar-refractivity contribution in [3.8, 4) is 11.5 Å². The number of carbonyl (C=O) groups is 1. The summed E-state index contributed by atoms with van der Waals surface area (Å²) in [5, 5.41) is 13.0. The van der Waals surface area contributed by atoms with Gasteiger partial charge in [0.2, 0.25) is 0 Å². The van der Waals surface area contributed by atoms with Gasteiger partial charge in [0.15, 0.2) is 11.5 Å². The lowest BCUT2D eigenvalue weighted by Crippen LogP contribution is -2.38. The maximum atomic E-state index is 11.6. The standard InChI is InChI=1S/C20H24ClNO4/c1-3-9-26-19-16(21)10-15(12-18(19)25-2)13-22-17(20(23)24)11-14-7-5-4-6-8-14/h4-8,10,12,17,22H,3,9,11,13H2,1-2H3,(H,23,24)/t17-/m1/s1. The number of halogens is 1. The van der Waals surface area contributed by atoms with Gasteiger partial charge in [-0.1, -0.05) is 48.9 Å². The highest BCUT2D eigenvalue weighted by molar-refractivity contribution is 6.32. The van der Waals surface area contributed by atoms with Crippen molar-refractivity contribution in [3.05, 3.63) is 58.6 Å². The quantitative estimate of drug-likeness (QED) is 0.656. The Morgan fingerprint density at radius 3 is 2.58 bits per heavy atom. The third kappa shape index (κ3) is 5.64. The summed E-state index contributed by atoms with van der Waals surface area (Å²) >= 11 is 6.31. The minimum absolute atomic E-state index is 0.355. The molecular formula is C20H24ClNO4. The largest absolute Gasteiger partial charge is 0.493 e. The molecule has 0 aliphatic heterocycles. The van der Waals surface area contributed by atoms with Crippen molar-refractivity contribution in [3.63, 3.8) is 0 Å². The van der Waals surface area contributed by atoms with Crippen molar-refractivity contribution in [1.82, 2.24) is 5.32 Å². The van der Waals surface area contributed by atoms with Crippen molar-refractivity contribution in [2.75, 3.05) is 13.7 Å². The van der Waals surface area contributed by atoms with Gasteiger partial charge >= 0.3 is 5.97 Å². The molecule has 0 amide bonds. The molecule has 0 saturated heterocycles. The van der Waals surface area contributed by atoms with E-state index in [0.29, 0.717) is 36.1 Å². The molecule has 0 saturated carbocycles. The summed E-state index contributed by atoms with van der Waals surface area (Å²) in [4.78, 5) is 11.6. The number of methoxy groups -OCH3 is 1. The molecule has 2 N–H and O–H groups in total. The van der Waals surface area contributed by atoms with Gasteiger partial charge in [-0.25, -0.2) is 0 Å². The molecule has 0 bridgehead atoms. The molecule has 0 unspecified atom stereocenters. The fourth-order valence-corrected chi connectivity index (χ4v) is 2.84. The number of nitrogens with one attached hydrogen (secondary N) is 1. The summed E-state index contributed by atoms with van der Waals surface area (Å²) in [5.41, 5.74) is 1.79. The molecule has 140 valence electrons. The maximum absolute atomic E-state index is 11.6. The molecule has 2 aromatic carbocycles. The third-order valence-electron chi connectivity index (χ3n) is 3.87. The zero-order valence-corrected chi connectivity index (χ0v) is 15.8. The van der Waals surface area contributed by atoms with Gasteiger partial charge in [-0.2, -0.15) is 0 Å². The second-order valence-electron chi connectivity index (χ2n) is 5.92. The Hall–Kier alpha value is -2.24. The highest BCUT2D eigenvalue weighted by Crippen LogP contribution is 2.36. The van der Waals surface area contributed by atoms with E-state index >= 15 is 0 Å². The van der Waals surface area contributed by atoms with Crippen molar-refractivity contribution in [2.45, 2.75) is 32.4 Å². The number of hydrogen-bond donors (Lipinski definition) is 2. The van der Waals surface area contributed by atoms with Crippen LogP contribution in [0.25, 0.3) is 0 Å². The van der Waals surface area contributed by atoms with Crippen LogP contribution < -0.4 is 14.8 Å². The average Bonchev–Trinajstić information content (AvgIpc) is 2.64. The molecule has 6 heteroatoms. The number of rotatable bonds is 10. The molecule has 0 spiro atoms. The summed E-state index contributed by atoms with van der Waals surface area (Å²) in [6, 6.07) is 12.4. The minimum atomic E-state index is -0.894. The van der Waals surface area contributed by atoms with Crippen molar-refractivity contribution in [1.29, 1.82) is 0 Å². The molecule has 0 aliphatic rings. The van der Waals surface area contributed by atoms with Gasteiger partial charge in [-0.3, -0.25) is 4.79 Å². The van der Waals surface area contributed by atoms with Gasteiger partial charge in [-0.15, -0.1) is 0 Å². The van der Waals surface area contributed by atoms with Gasteiger partial charge < -0.3 is 19.9 Å². The molecule has 1 atom stereocenters. The molecule has 5 nitrogen and oxygen atoms in total. The fraction of sp³-hybridized carbons (Fsp3) is 0.350. The zero-order valence-electron chi connectivity index (χ0n) is 15.0. The van der Waals surface area contributed by atoms with E-state index in [-0.39, 0.29) is 0 Å². The van der Waals surface area contributed by atoms with Crippen LogP contribution in [0.1, 0.15) is 24.5 Å². The molecular weight excluding hydrogens is 354 g/mol. The summed E-state index contributed by atoms with van der Waals surface area (Å²) in [6.07, 6.45) is 1.27. The van der Waals surface area contributed by atoms with Gasteiger partial charge in [0.1, 0.15) is 6.04 Å². The Kier molecular flexibility index (Phi) is 7.75. The van der Waals surface area contributed by atoms with E-state index in [9.17, 15) is 9.90 Å². The average molecular weight is 378 g/mol. The number of aliphatic carboxylic acids is 1. The van der Waals surface area contributed by atoms with Gasteiger partial charge in [0.25, 0.3) is 0 Å². The van der Waals surface area contributed by atoms with Crippen LogP contribution in [0.15, 0.2) is 42.5 Å². The lowest BCUT2D eigenvalue weighted by molar-refractivity contribution is -0.139. The second kappa shape index (κ2) is 10.0. The molecule has 2 aromatic rings. The Morgan fingerprint density at radius 1 is 1.23 bits per heavy atom. The van der Waals surface area contributed by atoms with Crippen LogP contribution in [0.3, 0.4) is 0 Å². The smallest absolute Gasteiger partial charge is 0.321 e. The molecule has 0 fully saturated rings. The van der Waals surface area contributed by atoms with Crippen LogP contribution in [0.2, 0.25) is 5.02 Å². The molecule has 2 rings (SSSR count). The topological polar surface area (TPSA) is 67.8 Å². The highest BCUT2D eigenvalue weighted by Gasteiger charge is 2.18. The molecule has 0 aliphatic carbocycles. The Bertz CT molecular complexity index is 721. The van der Waals surface area contributed by atoms with E-state index in [1.54, 1.807) is 13.2 Å². The number of hydrogen-bond acceptors (Lipinski definition) is 4. The van der Waals surface area contributed by atoms with E-state index in [0.717, 1.165) is 17.5 Å². The molecule has 0 heterocycles. The van der Waals surface area contributed by atoms with Crippen LogP contribution in [-0.4, -0.2) is 30.8 Å². The summed E-state index contributed by atoms with van der Waals surface area (Å²) in [6.45, 7) is 2.91. The van der Waals surface area contributed by atoms with E-state index in [1.165, 1.54) is 0 Å². The Balaban J connectivity index is 2.08. The normalized spacial score (nSPS) is 11.8. The molecule has 26 heavy (non-hydrogen) atoms. The third-order valence-corrected chi connectivity index (χ3v) is 4.15. The van der Waals surface area contributed by atoms with Crippen LogP contribution in [-0.2, 0) is 17.8 Å². The van der Waals surface area contributed by atoms with Gasteiger partial charge in [0.05, 0.1) is 18.7 Å². The van der Waals surface area contributed by atoms with Crippen molar-refractivity contribution >= 4 is 17.6 Å². The SMILES string of the molecule is CCCOc1c(Cl)cc(CN[C@H](Cc2ccccc2)C(=O)O)cc1OC. The number of ether oxygens (including phenoxy) is 2. The van der Waals surface area contributed by atoms with Gasteiger partial charge in [0, 0.05) is 6.54 Å². The Morgan fingerprint density at radius 2 is 1.96 bits per heavy atom. The van der Waals surface area contributed by atoms with E-state index in [4.69, 9.17) is 21.1 Å². The minimum Gasteiger partial charge on any atom is -0.493 e. The zero-order chi connectivity index (χ0) is 18.9. The lowest BCUT2D eigenvalue weighted by Gasteiger charge is -2.17. The number of carboxylic acids is 1. The van der Waals surface area contributed by atoms with Crippen molar-refractivity contribution < 1.29 is 19.4 Å². The van der Waals surface area contributed by atoms with Gasteiger partial charge in [-0.05, 0) is 36.1 Å². The predicted molar refractivity (Wildman–Crippen MR) is 102 cm³/mol. The first-order chi connectivity index (χ1) is 12.5. The van der Waals surface area contributed by atoms with E-state index in [2.05, 4.69) is 5.32 Å².